The minimum absolute atomic E-state index is 0.0194. The molecule has 0 aliphatic carbocycles. The number of carbonyl (C=O) groups excluding carboxylic acids is 2. The third-order valence-corrected chi connectivity index (χ3v) is 4.71. The Morgan fingerprint density at radius 2 is 2.04 bits per heavy atom. The molecule has 1 aliphatic rings. The summed E-state index contributed by atoms with van der Waals surface area (Å²) in [6, 6.07) is 6.23. The van der Waals surface area contributed by atoms with E-state index in [9.17, 15) is 19.1 Å². The summed E-state index contributed by atoms with van der Waals surface area (Å²) in [6.07, 6.45) is 3.38. The van der Waals surface area contributed by atoms with Gasteiger partial charge in [-0.05, 0) is 31.4 Å². The van der Waals surface area contributed by atoms with Gasteiger partial charge in [0.1, 0.15) is 10.1 Å². The highest BCUT2D eigenvalue weighted by molar-refractivity contribution is 8.26. The van der Waals surface area contributed by atoms with Crippen LogP contribution in [0.3, 0.4) is 0 Å². The highest BCUT2D eigenvalue weighted by Gasteiger charge is 2.31. The normalized spacial score (nSPS) is 16.4. The van der Waals surface area contributed by atoms with Gasteiger partial charge in [-0.2, -0.15) is 0 Å². The van der Waals surface area contributed by atoms with Crippen molar-refractivity contribution in [3.8, 4) is 0 Å². The van der Waals surface area contributed by atoms with E-state index >= 15 is 0 Å². The molecule has 1 amide bonds. The Labute approximate surface area is 143 Å². The molecule has 0 saturated carbocycles. The molecule has 0 spiro atoms. The Balaban J connectivity index is 1.95. The van der Waals surface area contributed by atoms with Crippen LogP contribution in [0.1, 0.15) is 31.2 Å². The standard InChI is InChI=1S/C16H16FNO3S2/c17-12-7-4-3-6-11(12)10-13-15(21)18(16(22)23-13)9-5-1-2-8-14(19)20/h3-4,6-7,10H,1-2,5,8-9H2,(H,19,20)/p-1/b13-10-. The van der Waals surface area contributed by atoms with E-state index in [4.69, 9.17) is 12.2 Å². The second-order valence-electron chi connectivity index (χ2n) is 5.04. The van der Waals surface area contributed by atoms with Crippen LogP contribution in [0.4, 0.5) is 4.39 Å². The summed E-state index contributed by atoms with van der Waals surface area (Å²) in [5.41, 5.74) is 0.349. The van der Waals surface area contributed by atoms with E-state index in [2.05, 4.69) is 0 Å². The van der Waals surface area contributed by atoms with Gasteiger partial charge < -0.3 is 9.90 Å². The number of carboxylic acids is 1. The molecule has 0 radical (unpaired) electrons. The monoisotopic (exact) mass is 352 g/mol. The highest BCUT2D eigenvalue weighted by Crippen LogP contribution is 2.33. The van der Waals surface area contributed by atoms with Crippen LogP contribution in [-0.4, -0.2) is 27.6 Å². The van der Waals surface area contributed by atoms with Crippen LogP contribution in [0, 0.1) is 5.82 Å². The number of carboxylic acid groups (broad SMARTS) is 1. The predicted molar refractivity (Wildman–Crippen MR) is 89.8 cm³/mol. The smallest absolute Gasteiger partial charge is 0.266 e. The first kappa shape index (κ1) is 17.6. The lowest BCUT2D eigenvalue weighted by molar-refractivity contribution is -0.305. The maximum atomic E-state index is 13.7. The van der Waals surface area contributed by atoms with Gasteiger partial charge in [0, 0.05) is 18.1 Å². The van der Waals surface area contributed by atoms with Crippen LogP contribution in [-0.2, 0) is 9.59 Å². The average molecular weight is 352 g/mol. The number of thioether (sulfide) groups is 1. The maximum absolute atomic E-state index is 13.7. The van der Waals surface area contributed by atoms with Crippen molar-refractivity contribution in [2.75, 3.05) is 6.54 Å². The molecule has 0 aromatic heterocycles. The molecule has 1 aliphatic heterocycles. The van der Waals surface area contributed by atoms with Crippen LogP contribution in [0.5, 0.6) is 0 Å². The van der Waals surface area contributed by atoms with E-state index in [-0.39, 0.29) is 18.1 Å². The van der Waals surface area contributed by atoms with Crippen molar-refractivity contribution in [1.29, 1.82) is 0 Å². The van der Waals surface area contributed by atoms with Crippen molar-refractivity contribution in [2.45, 2.75) is 25.7 Å². The molecule has 2 rings (SSSR count). The Bertz CT molecular complexity index is 660. The van der Waals surface area contributed by atoms with Crippen molar-refractivity contribution in [2.24, 2.45) is 0 Å². The summed E-state index contributed by atoms with van der Waals surface area (Å²) in [7, 11) is 0. The molecule has 4 nitrogen and oxygen atoms in total. The second-order valence-corrected chi connectivity index (χ2v) is 6.71. The minimum Gasteiger partial charge on any atom is -0.550 e. The van der Waals surface area contributed by atoms with Gasteiger partial charge in [0.05, 0.1) is 4.91 Å². The van der Waals surface area contributed by atoms with E-state index in [1.54, 1.807) is 18.2 Å². The highest BCUT2D eigenvalue weighted by atomic mass is 32.2. The first-order chi connectivity index (χ1) is 11.0. The van der Waals surface area contributed by atoms with Crippen LogP contribution >= 0.6 is 24.0 Å². The van der Waals surface area contributed by atoms with Gasteiger partial charge in [-0.15, -0.1) is 0 Å². The van der Waals surface area contributed by atoms with E-state index < -0.39 is 5.97 Å². The van der Waals surface area contributed by atoms with Crippen LogP contribution < -0.4 is 5.11 Å². The van der Waals surface area contributed by atoms with Gasteiger partial charge in [-0.1, -0.05) is 48.6 Å². The quantitative estimate of drug-likeness (QED) is 0.428. The Kier molecular flexibility index (Phi) is 6.29. The fourth-order valence-electron chi connectivity index (χ4n) is 2.14. The third kappa shape index (κ3) is 4.87. The van der Waals surface area contributed by atoms with E-state index in [0.717, 1.165) is 11.8 Å². The Morgan fingerprint density at radius 3 is 2.74 bits per heavy atom. The SMILES string of the molecule is O=C([O-])CCCCCN1C(=O)/C(=C/c2ccccc2F)SC1=S. The van der Waals surface area contributed by atoms with Gasteiger partial charge in [0.15, 0.2) is 0 Å². The first-order valence-electron chi connectivity index (χ1n) is 7.19. The maximum Gasteiger partial charge on any atom is 0.266 e. The molecular formula is C16H15FNO3S2-. The minimum atomic E-state index is -1.07. The van der Waals surface area contributed by atoms with Crippen molar-refractivity contribution in [1.82, 2.24) is 4.90 Å². The van der Waals surface area contributed by atoms with E-state index in [1.807, 2.05) is 0 Å². The van der Waals surface area contributed by atoms with Crippen molar-refractivity contribution >= 4 is 46.3 Å². The number of rotatable bonds is 7. The zero-order valence-corrected chi connectivity index (χ0v) is 13.9. The topological polar surface area (TPSA) is 60.4 Å². The molecular weight excluding hydrogens is 337 g/mol. The fraction of sp³-hybridized carbons (Fsp3) is 0.312. The summed E-state index contributed by atoms with van der Waals surface area (Å²) >= 11 is 6.34. The number of benzene rings is 1. The summed E-state index contributed by atoms with van der Waals surface area (Å²) in [5.74, 6) is -1.69. The number of aliphatic carboxylic acids is 1. The van der Waals surface area contributed by atoms with Crippen LogP contribution in [0.15, 0.2) is 29.2 Å². The number of nitrogens with zero attached hydrogens (tertiary/aromatic N) is 1. The van der Waals surface area contributed by atoms with Gasteiger partial charge >= 0.3 is 0 Å². The van der Waals surface area contributed by atoms with Crippen molar-refractivity contribution < 1.29 is 19.1 Å². The summed E-state index contributed by atoms with van der Waals surface area (Å²) in [6.45, 7) is 0.437. The molecule has 1 aromatic carbocycles. The number of halogens is 1. The number of carbonyl (C=O) groups is 2. The summed E-state index contributed by atoms with van der Waals surface area (Å²) < 4.78 is 14.1. The number of hydrogen-bond acceptors (Lipinski definition) is 5. The average Bonchev–Trinajstić information content (AvgIpc) is 2.76. The number of unbranched alkanes of at least 4 members (excludes halogenated alkanes) is 2. The molecule has 0 unspecified atom stereocenters. The fourth-order valence-corrected chi connectivity index (χ4v) is 3.44. The molecule has 23 heavy (non-hydrogen) atoms. The second kappa shape index (κ2) is 8.21. The molecule has 1 heterocycles. The van der Waals surface area contributed by atoms with Crippen LogP contribution in [0.2, 0.25) is 0 Å². The van der Waals surface area contributed by atoms with Crippen LogP contribution in [0.25, 0.3) is 6.08 Å². The molecule has 1 aromatic rings. The Hall–Kier alpha value is -1.73. The molecule has 122 valence electrons. The molecule has 1 saturated heterocycles. The zero-order valence-electron chi connectivity index (χ0n) is 12.3. The Morgan fingerprint density at radius 1 is 1.30 bits per heavy atom. The molecule has 0 N–H and O–H groups in total. The molecule has 0 bridgehead atoms. The lowest BCUT2D eigenvalue weighted by Crippen LogP contribution is -2.29. The predicted octanol–water partition coefficient (Wildman–Crippen LogP) is 2.34. The summed E-state index contributed by atoms with van der Waals surface area (Å²) in [5, 5.41) is 10.3. The van der Waals surface area contributed by atoms with E-state index in [0.29, 0.717) is 40.6 Å². The molecule has 7 heteroatoms. The lowest BCUT2D eigenvalue weighted by Gasteiger charge is -2.14. The lowest BCUT2D eigenvalue weighted by atomic mass is 10.2. The van der Waals surface area contributed by atoms with Gasteiger partial charge in [0.2, 0.25) is 0 Å². The molecule has 0 atom stereocenters. The van der Waals surface area contributed by atoms with Gasteiger partial charge in [0.25, 0.3) is 5.91 Å². The van der Waals surface area contributed by atoms with Gasteiger partial charge in [-0.25, -0.2) is 4.39 Å². The third-order valence-electron chi connectivity index (χ3n) is 3.33. The largest absolute Gasteiger partial charge is 0.550 e. The van der Waals surface area contributed by atoms with Gasteiger partial charge in [-0.3, -0.25) is 9.69 Å². The van der Waals surface area contributed by atoms with Crippen molar-refractivity contribution in [3.63, 3.8) is 0 Å². The number of thiocarbonyl (C=S) groups is 1. The zero-order chi connectivity index (χ0) is 16.8. The van der Waals surface area contributed by atoms with Crippen molar-refractivity contribution in [3.05, 3.63) is 40.6 Å². The molecule has 1 fully saturated rings. The summed E-state index contributed by atoms with van der Waals surface area (Å²) in [4.78, 5) is 24.5. The first-order valence-corrected chi connectivity index (χ1v) is 8.41. The number of hydrogen-bond donors (Lipinski definition) is 0. The van der Waals surface area contributed by atoms with E-state index in [1.165, 1.54) is 17.0 Å². The number of amides is 1.